The minimum absolute atomic E-state index is 0.558. The van der Waals surface area contributed by atoms with E-state index in [4.69, 9.17) is 15.0 Å². The Bertz CT molecular complexity index is 2590. The van der Waals surface area contributed by atoms with Crippen molar-refractivity contribution in [1.29, 1.82) is 0 Å². The Labute approximate surface area is 291 Å². The third kappa shape index (κ3) is 4.27. The van der Waals surface area contributed by atoms with Crippen molar-refractivity contribution in [2.45, 2.75) is 5.41 Å². The second kappa shape index (κ2) is 11.5. The smallest absolute Gasteiger partial charge is 0.164 e. The monoisotopic (exact) mass is 655 g/mol. The van der Waals surface area contributed by atoms with E-state index in [1.54, 1.807) is 0 Å². The van der Waals surface area contributed by atoms with E-state index < -0.39 is 12.9 Å². The standard InChI is InChI=1S/C46H30N3P/c1-5-17-31(18-6-1)43-47-44(32-19-7-2-8-20-32)49-45(48-43)33-29-37-36-25-13-15-27-40(36)50-41-28-16-14-26-38(41)46(39(30-33)42(37)50,34-21-9-3-10-22-34)35-23-11-4-12-24-35/h1-30H. The van der Waals surface area contributed by atoms with Crippen molar-refractivity contribution in [2.24, 2.45) is 0 Å². The van der Waals surface area contributed by atoms with Gasteiger partial charge in [0.2, 0.25) is 0 Å². The van der Waals surface area contributed by atoms with Crippen molar-refractivity contribution in [1.82, 2.24) is 15.0 Å². The highest BCUT2D eigenvalue weighted by Gasteiger charge is 2.45. The zero-order valence-corrected chi connectivity index (χ0v) is 28.0. The molecule has 0 bridgehead atoms. The van der Waals surface area contributed by atoms with Crippen LogP contribution in [0.1, 0.15) is 22.3 Å². The third-order valence-corrected chi connectivity index (χ3v) is 12.8. The van der Waals surface area contributed by atoms with Crippen LogP contribution in [-0.2, 0) is 5.41 Å². The summed E-state index contributed by atoms with van der Waals surface area (Å²) in [5.74, 6) is 1.99. The maximum atomic E-state index is 5.21. The Balaban J connectivity index is 1.37. The number of rotatable bonds is 5. The van der Waals surface area contributed by atoms with Gasteiger partial charge < -0.3 is 0 Å². The van der Waals surface area contributed by atoms with Crippen molar-refractivity contribution in [3.63, 3.8) is 0 Å². The fraction of sp³-hybridized carbons (Fsp3) is 0.0217. The molecular weight excluding hydrogens is 626 g/mol. The van der Waals surface area contributed by atoms with Crippen LogP contribution in [0.25, 0.3) is 60.5 Å². The molecular formula is C46H30N3P. The van der Waals surface area contributed by atoms with Gasteiger partial charge in [-0.25, -0.2) is 15.0 Å². The lowest BCUT2D eigenvalue weighted by Gasteiger charge is -2.41. The number of hydrogen-bond donors (Lipinski definition) is 0. The third-order valence-electron chi connectivity index (χ3n) is 10.1. The summed E-state index contributed by atoms with van der Waals surface area (Å²) in [6, 6.07) is 65.4. The van der Waals surface area contributed by atoms with Crippen LogP contribution in [-0.4, -0.2) is 15.0 Å². The summed E-state index contributed by atoms with van der Waals surface area (Å²) in [7, 11) is -0.783. The number of aromatic nitrogens is 3. The van der Waals surface area contributed by atoms with Gasteiger partial charge in [-0.3, -0.25) is 0 Å². The summed E-state index contributed by atoms with van der Waals surface area (Å²) in [6.45, 7) is 0. The zero-order chi connectivity index (χ0) is 33.1. The zero-order valence-electron chi connectivity index (χ0n) is 27.1. The molecule has 0 aliphatic carbocycles. The van der Waals surface area contributed by atoms with Crippen LogP contribution in [0, 0.1) is 0 Å². The van der Waals surface area contributed by atoms with Crippen LogP contribution in [0.2, 0.25) is 0 Å². The minimum Gasteiger partial charge on any atom is -0.208 e. The molecule has 0 spiro atoms. The van der Waals surface area contributed by atoms with E-state index in [2.05, 4.69) is 146 Å². The Morgan fingerprint density at radius 2 is 0.860 bits per heavy atom. The molecule has 3 heterocycles. The molecule has 0 saturated heterocycles. The molecule has 7 aromatic carbocycles. The van der Waals surface area contributed by atoms with Crippen LogP contribution in [0.5, 0.6) is 0 Å². The van der Waals surface area contributed by atoms with Crippen LogP contribution < -0.4 is 0 Å². The molecule has 234 valence electrons. The summed E-state index contributed by atoms with van der Waals surface area (Å²) in [4.78, 5) is 15.4. The fourth-order valence-corrected chi connectivity index (χ4v) is 11.0. The lowest BCUT2D eigenvalue weighted by Crippen LogP contribution is -2.32. The highest BCUT2D eigenvalue weighted by atomic mass is 31.1. The van der Waals surface area contributed by atoms with Gasteiger partial charge in [-0.2, -0.15) is 0 Å². The van der Waals surface area contributed by atoms with Gasteiger partial charge in [0.25, 0.3) is 0 Å². The van der Waals surface area contributed by atoms with Crippen molar-refractivity contribution in [3.8, 4) is 39.5 Å². The van der Waals surface area contributed by atoms with Crippen molar-refractivity contribution < 1.29 is 0 Å². The second-order valence-electron chi connectivity index (χ2n) is 12.8. The Hall–Kier alpha value is -6.15. The van der Waals surface area contributed by atoms with Crippen molar-refractivity contribution >= 4 is 28.5 Å². The minimum atomic E-state index is -0.783. The lowest BCUT2D eigenvalue weighted by molar-refractivity contribution is 0.756. The molecule has 1 unspecified atom stereocenters. The molecule has 0 fully saturated rings. The summed E-state index contributed by atoms with van der Waals surface area (Å²) in [5.41, 5.74) is 7.47. The molecule has 0 saturated carbocycles. The fourth-order valence-electron chi connectivity index (χ4n) is 8.00. The van der Waals surface area contributed by atoms with Gasteiger partial charge in [-0.15, -0.1) is 0 Å². The molecule has 4 heteroatoms. The second-order valence-corrected chi connectivity index (χ2v) is 14.9. The molecule has 1 aliphatic rings. The van der Waals surface area contributed by atoms with Crippen LogP contribution in [0.4, 0.5) is 0 Å². The molecule has 10 rings (SSSR count). The SMILES string of the molecule is c1ccc(-c2nc(-c3ccccc3)nc(-c3cc4c5c(c3)c3ccccc3p5-c3ccccc3C4(c3ccccc3)c3ccccc3)n2)cc1. The first-order chi connectivity index (χ1) is 24.8. The van der Waals surface area contributed by atoms with Crippen LogP contribution >= 0.6 is 7.53 Å². The van der Waals surface area contributed by atoms with E-state index in [1.807, 2.05) is 36.4 Å². The Morgan fingerprint density at radius 3 is 1.46 bits per heavy atom. The molecule has 3 nitrogen and oxygen atoms in total. The Morgan fingerprint density at radius 1 is 0.380 bits per heavy atom. The summed E-state index contributed by atoms with van der Waals surface area (Å²) < 4.78 is 0. The molecule has 50 heavy (non-hydrogen) atoms. The predicted octanol–water partition coefficient (Wildman–Crippen LogP) is 11.9. The Kier molecular flexibility index (Phi) is 6.62. The van der Waals surface area contributed by atoms with E-state index >= 15 is 0 Å². The molecule has 2 aromatic heterocycles. The van der Waals surface area contributed by atoms with Crippen LogP contribution in [0.15, 0.2) is 182 Å². The lowest BCUT2D eigenvalue weighted by atomic mass is 9.64. The average molecular weight is 656 g/mol. The molecule has 0 N–H and O–H groups in total. The average Bonchev–Trinajstić information content (AvgIpc) is 3.54. The van der Waals surface area contributed by atoms with Gasteiger partial charge in [0, 0.05) is 32.2 Å². The molecule has 0 amide bonds. The summed E-state index contributed by atoms with van der Waals surface area (Å²) >= 11 is 0. The molecule has 1 atom stereocenters. The summed E-state index contributed by atoms with van der Waals surface area (Å²) in [5, 5.41) is 6.82. The van der Waals surface area contributed by atoms with Crippen molar-refractivity contribution in [2.75, 3.05) is 0 Å². The maximum absolute atomic E-state index is 5.21. The van der Waals surface area contributed by atoms with E-state index in [1.165, 1.54) is 48.6 Å². The summed E-state index contributed by atoms with van der Waals surface area (Å²) in [6.07, 6.45) is 0. The topological polar surface area (TPSA) is 38.7 Å². The highest BCUT2D eigenvalue weighted by Crippen LogP contribution is 2.66. The maximum Gasteiger partial charge on any atom is 0.164 e. The van der Waals surface area contributed by atoms with Gasteiger partial charge in [-0.1, -0.05) is 177 Å². The molecule has 0 radical (unpaired) electrons. The number of nitrogens with zero attached hydrogens (tertiary/aromatic N) is 3. The molecule has 9 aromatic rings. The van der Waals surface area contributed by atoms with E-state index in [9.17, 15) is 0 Å². The number of hydrogen-bond acceptors (Lipinski definition) is 3. The van der Waals surface area contributed by atoms with Gasteiger partial charge in [0.05, 0.1) is 5.41 Å². The quantitative estimate of drug-likeness (QED) is 0.185. The van der Waals surface area contributed by atoms with Crippen molar-refractivity contribution in [3.05, 3.63) is 204 Å². The highest BCUT2D eigenvalue weighted by molar-refractivity contribution is 7.68. The van der Waals surface area contributed by atoms with Gasteiger partial charge in [0.1, 0.15) is 0 Å². The normalized spacial score (nSPS) is 13.3. The first kappa shape index (κ1) is 28.8. The first-order valence-electron chi connectivity index (χ1n) is 17.0. The molecule has 1 aliphatic heterocycles. The number of fused-ring (bicyclic) bond motifs is 5. The predicted molar refractivity (Wildman–Crippen MR) is 207 cm³/mol. The van der Waals surface area contributed by atoms with Crippen LogP contribution in [0.3, 0.4) is 0 Å². The van der Waals surface area contributed by atoms with Gasteiger partial charge in [-0.05, 0) is 45.2 Å². The van der Waals surface area contributed by atoms with Gasteiger partial charge >= 0.3 is 0 Å². The largest absolute Gasteiger partial charge is 0.208 e. The van der Waals surface area contributed by atoms with E-state index in [0.29, 0.717) is 17.5 Å². The first-order valence-corrected chi connectivity index (χ1v) is 18.3. The number of benzene rings is 7. The van der Waals surface area contributed by atoms with E-state index in [-0.39, 0.29) is 0 Å². The van der Waals surface area contributed by atoms with E-state index in [0.717, 1.165) is 16.7 Å². The van der Waals surface area contributed by atoms with Gasteiger partial charge in [0.15, 0.2) is 17.5 Å².